The van der Waals surface area contributed by atoms with E-state index >= 15 is 0 Å². The lowest BCUT2D eigenvalue weighted by molar-refractivity contribution is 0.552. The van der Waals surface area contributed by atoms with Gasteiger partial charge in [0.15, 0.2) is 5.96 Å². The summed E-state index contributed by atoms with van der Waals surface area (Å²) in [7, 11) is 1.86. The van der Waals surface area contributed by atoms with E-state index in [9.17, 15) is 0 Å². The first-order valence-corrected chi connectivity index (χ1v) is 9.52. The number of halogens is 2. The summed E-state index contributed by atoms with van der Waals surface area (Å²) in [5.74, 6) is 1.60. The number of aliphatic imine (C=N–C) groups is 1. The third kappa shape index (κ3) is 5.64. The molecule has 0 radical (unpaired) electrons. The van der Waals surface area contributed by atoms with Gasteiger partial charge in [-0.15, -0.1) is 24.0 Å². The fourth-order valence-electron chi connectivity index (χ4n) is 3.84. The van der Waals surface area contributed by atoms with Gasteiger partial charge < -0.3 is 15.5 Å². The monoisotopic (exact) mass is 476 g/mol. The summed E-state index contributed by atoms with van der Waals surface area (Å²) in [6.45, 7) is 5.31. The van der Waals surface area contributed by atoms with Crippen molar-refractivity contribution in [2.45, 2.75) is 45.1 Å². The first-order chi connectivity index (χ1) is 11.7. The van der Waals surface area contributed by atoms with Gasteiger partial charge in [0.1, 0.15) is 0 Å². The summed E-state index contributed by atoms with van der Waals surface area (Å²) < 4.78 is 0. The Morgan fingerprint density at radius 2 is 2.04 bits per heavy atom. The van der Waals surface area contributed by atoms with Gasteiger partial charge in [0.25, 0.3) is 0 Å². The van der Waals surface area contributed by atoms with Crippen LogP contribution in [0, 0.1) is 12.8 Å². The molecule has 4 nitrogen and oxygen atoms in total. The molecule has 1 aliphatic heterocycles. The predicted molar refractivity (Wildman–Crippen MR) is 119 cm³/mol. The molecule has 1 aromatic carbocycles. The average molecular weight is 477 g/mol. The van der Waals surface area contributed by atoms with Gasteiger partial charge >= 0.3 is 0 Å². The fourth-order valence-corrected chi connectivity index (χ4v) is 4.01. The Kier molecular flexibility index (Phi) is 8.13. The van der Waals surface area contributed by atoms with Gasteiger partial charge in [0.05, 0.1) is 0 Å². The molecular weight excluding hydrogens is 447 g/mol. The van der Waals surface area contributed by atoms with Gasteiger partial charge in [-0.3, -0.25) is 4.99 Å². The van der Waals surface area contributed by atoms with Crippen molar-refractivity contribution in [2.75, 3.05) is 31.6 Å². The maximum atomic E-state index is 6.17. The van der Waals surface area contributed by atoms with E-state index in [4.69, 9.17) is 11.6 Å². The Balaban J connectivity index is 0.00000225. The average Bonchev–Trinajstić information content (AvgIpc) is 3.25. The minimum Gasteiger partial charge on any atom is -0.371 e. The molecule has 3 rings (SSSR count). The zero-order valence-electron chi connectivity index (χ0n) is 15.2. The Hall–Kier alpha value is -0.690. The number of rotatable bonds is 4. The molecular formula is C19H30ClIN4. The Bertz CT molecular complexity index is 587. The maximum absolute atomic E-state index is 6.17. The second-order valence-electron chi connectivity index (χ2n) is 7.11. The van der Waals surface area contributed by atoms with Crippen molar-refractivity contribution in [1.29, 1.82) is 0 Å². The van der Waals surface area contributed by atoms with Crippen LogP contribution in [0.2, 0.25) is 5.02 Å². The van der Waals surface area contributed by atoms with Crippen molar-refractivity contribution in [3.63, 3.8) is 0 Å². The highest BCUT2D eigenvalue weighted by Gasteiger charge is 2.24. The van der Waals surface area contributed by atoms with Gasteiger partial charge in [-0.05, 0) is 49.8 Å². The third-order valence-corrected chi connectivity index (χ3v) is 5.51. The summed E-state index contributed by atoms with van der Waals surface area (Å²) in [5, 5.41) is 7.90. The van der Waals surface area contributed by atoms with E-state index in [-0.39, 0.29) is 24.0 Å². The number of nitrogens with zero attached hydrogens (tertiary/aromatic N) is 2. The van der Waals surface area contributed by atoms with Crippen molar-refractivity contribution >= 4 is 47.2 Å². The minimum absolute atomic E-state index is 0. The van der Waals surface area contributed by atoms with Crippen LogP contribution in [0.1, 0.15) is 37.7 Å². The lowest BCUT2D eigenvalue weighted by Crippen LogP contribution is -2.44. The van der Waals surface area contributed by atoms with E-state index in [1.807, 2.05) is 13.1 Å². The highest BCUT2D eigenvalue weighted by Crippen LogP contribution is 2.29. The molecule has 1 aliphatic carbocycles. The number of anilines is 1. The van der Waals surface area contributed by atoms with E-state index in [1.54, 1.807) is 0 Å². The molecule has 1 aromatic rings. The number of hydrogen-bond acceptors (Lipinski definition) is 2. The summed E-state index contributed by atoms with van der Waals surface area (Å²) in [5.41, 5.74) is 2.57. The third-order valence-electron chi connectivity index (χ3n) is 5.28. The van der Waals surface area contributed by atoms with Crippen LogP contribution < -0.4 is 15.5 Å². The Morgan fingerprint density at radius 1 is 1.28 bits per heavy atom. The Morgan fingerprint density at radius 3 is 2.76 bits per heavy atom. The highest BCUT2D eigenvalue weighted by molar-refractivity contribution is 14.0. The molecule has 1 unspecified atom stereocenters. The summed E-state index contributed by atoms with van der Waals surface area (Å²) in [6, 6.07) is 6.77. The number of guanidine groups is 1. The number of hydrogen-bond donors (Lipinski definition) is 2. The van der Waals surface area contributed by atoms with Gasteiger partial charge in [-0.25, -0.2) is 0 Å². The van der Waals surface area contributed by atoms with Gasteiger partial charge in [-0.2, -0.15) is 0 Å². The molecule has 1 heterocycles. The molecule has 6 heteroatoms. The topological polar surface area (TPSA) is 39.7 Å². The molecule has 2 N–H and O–H groups in total. The molecule has 0 aromatic heterocycles. The van der Waals surface area contributed by atoms with Crippen LogP contribution in [-0.4, -0.2) is 38.7 Å². The lowest BCUT2D eigenvalue weighted by Gasteiger charge is -2.22. The summed E-state index contributed by atoms with van der Waals surface area (Å²) in [4.78, 5) is 6.84. The van der Waals surface area contributed by atoms with Gasteiger partial charge in [0, 0.05) is 43.4 Å². The molecule has 25 heavy (non-hydrogen) atoms. The van der Waals surface area contributed by atoms with Crippen LogP contribution in [0.3, 0.4) is 0 Å². The van der Waals surface area contributed by atoms with Crippen LogP contribution in [0.25, 0.3) is 0 Å². The van der Waals surface area contributed by atoms with Crippen LogP contribution in [-0.2, 0) is 0 Å². The smallest absolute Gasteiger partial charge is 0.191 e. The second-order valence-corrected chi connectivity index (χ2v) is 7.55. The zero-order valence-corrected chi connectivity index (χ0v) is 18.3. The van der Waals surface area contributed by atoms with Gasteiger partial charge in [0.2, 0.25) is 0 Å². The molecule has 140 valence electrons. The quantitative estimate of drug-likeness (QED) is 0.389. The van der Waals surface area contributed by atoms with Crippen molar-refractivity contribution in [3.8, 4) is 0 Å². The fraction of sp³-hybridized carbons (Fsp3) is 0.632. The van der Waals surface area contributed by atoms with Crippen LogP contribution in [0.4, 0.5) is 5.69 Å². The zero-order chi connectivity index (χ0) is 16.9. The molecule has 1 atom stereocenters. The molecule has 0 spiro atoms. The van der Waals surface area contributed by atoms with E-state index in [1.165, 1.54) is 43.4 Å². The molecule has 0 bridgehead atoms. The van der Waals surface area contributed by atoms with E-state index in [0.717, 1.165) is 30.6 Å². The van der Waals surface area contributed by atoms with Crippen molar-refractivity contribution < 1.29 is 0 Å². The number of aryl methyl sites for hydroxylation is 1. The minimum atomic E-state index is 0. The summed E-state index contributed by atoms with van der Waals surface area (Å²) >= 11 is 6.17. The largest absolute Gasteiger partial charge is 0.371 e. The first-order valence-electron chi connectivity index (χ1n) is 9.14. The molecule has 0 amide bonds. The Labute approximate surface area is 173 Å². The first kappa shape index (κ1) is 20.6. The van der Waals surface area contributed by atoms with E-state index < -0.39 is 0 Å². The second kappa shape index (κ2) is 9.86. The van der Waals surface area contributed by atoms with Crippen LogP contribution in [0.15, 0.2) is 23.2 Å². The van der Waals surface area contributed by atoms with Crippen LogP contribution in [0.5, 0.6) is 0 Å². The number of nitrogens with one attached hydrogen (secondary N) is 2. The predicted octanol–water partition coefficient (Wildman–Crippen LogP) is 4.20. The van der Waals surface area contributed by atoms with Crippen LogP contribution >= 0.6 is 35.6 Å². The van der Waals surface area contributed by atoms with Crippen molar-refractivity contribution in [2.24, 2.45) is 10.9 Å². The molecule has 2 aliphatic rings. The standard InChI is InChI=1S/C19H29ClN4.HI/c1-14-7-8-16(20)11-18(14)24-10-9-15(13-24)12-22-19(21-2)23-17-5-3-4-6-17;/h7-8,11,15,17H,3-6,9-10,12-13H2,1-2H3,(H2,21,22,23);1H. The maximum Gasteiger partial charge on any atom is 0.191 e. The molecule has 1 saturated carbocycles. The van der Waals surface area contributed by atoms with Gasteiger partial charge in [-0.1, -0.05) is 30.5 Å². The summed E-state index contributed by atoms with van der Waals surface area (Å²) in [6.07, 6.45) is 6.42. The lowest BCUT2D eigenvalue weighted by atomic mass is 10.1. The molecule has 1 saturated heterocycles. The van der Waals surface area contributed by atoms with Crippen molar-refractivity contribution in [1.82, 2.24) is 10.6 Å². The normalized spacial score (nSPS) is 21.3. The van der Waals surface area contributed by atoms with E-state index in [0.29, 0.717) is 12.0 Å². The SMILES string of the molecule is CN=C(NCC1CCN(c2cc(Cl)ccc2C)C1)NC1CCCC1.I. The van der Waals surface area contributed by atoms with E-state index in [2.05, 4.69) is 39.6 Å². The molecule has 2 fully saturated rings. The van der Waals surface area contributed by atoms with Crippen molar-refractivity contribution in [3.05, 3.63) is 28.8 Å². The highest BCUT2D eigenvalue weighted by atomic mass is 127. The number of benzene rings is 1.